The Labute approximate surface area is 147 Å². The predicted octanol–water partition coefficient (Wildman–Crippen LogP) is -2.08. The third kappa shape index (κ3) is 2.59. The fourth-order valence-corrected chi connectivity index (χ4v) is 2.97. The van der Waals surface area contributed by atoms with E-state index in [1.165, 1.54) is 6.33 Å². The van der Waals surface area contributed by atoms with Gasteiger partial charge in [0.2, 0.25) is 0 Å². The molecule has 12 nitrogen and oxygen atoms in total. The monoisotopic (exact) mass is 368 g/mol. The molecule has 2 aromatic heterocycles. The number of carbonyl (C=O) groups is 1. The summed E-state index contributed by atoms with van der Waals surface area (Å²) in [5, 5.41) is 42.0. The number of rotatable bonds is 6. The summed E-state index contributed by atoms with van der Waals surface area (Å²) in [6.07, 6.45) is -1.46. The van der Waals surface area contributed by atoms with Gasteiger partial charge in [0.15, 0.2) is 17.0 Å². The van der Waals surface area contributed by atoms with Gasteiger partial charge in [0.25, 0.3) is 11.6 Å². The largest absolute Gasteiger partial charge is 0.394 e. The molecule has 0 aliphatic carbocycles. The van der Waals surface area contributed by atoms with Gasteiger partial charge in [-0.25, -0.2) is 15.0 Å². The Morgan fingerprint density at radius 1 is 1.38 bits per heavy atom. The van der Waals surface area contributed by atoms with Crippen LogP contribution in [0.25, 0.3) is 11.2 Å². The van der Waals surface area contributed by atoms with Crippen molar-refractivity contribution in [3.63, 3.8) is 0 Å². The summed E-state index contributed by atoms with van der Waals surface area (Å²) in [4.78, 5) is 24.8. The van der Waals surface area contributed by atoms with Gasteiger partial charge in [0.1, 0.15) is 31.0 Å². The highest BCUT2D eigenvalue weighted by molar-refractivity contribution is 5.88. The van der Waals surface area contributed by atoms with Crippen molar-refractivity contribution in [3.05, 3.63) is 12.7 Å². The number of aliphatic hydroxyl groups excluding tert-OH is 3. The quantitative estimate of drug-likeness (QED) is 0.310. The van der Waals surface area contributed by atoms with Gasteiger partial charge in [-0.1, -0.05) is 6.92 Å². The molecule has 12 heteroatoms. The lowest BCUT2D eigenvalue weighted by Gasteiger charge is -2.32. The highest BCUT2D eigenvalue weighted by atomic mass is 16.6. The number of hydrogen-bond donors (Lipinski definition) is 6. The molecule has 142 valence electrons. The van der Waals surface area contributed by atoms with Crippen LogP contribution in [-0.4, -0.2) is 77.4 Å². The van der Waals surface area contributed by atoms with Gasteiger partial charge >= 0.3 is 0 Å². The van der Waals surface area contributed by atoms with E-state index >= 15 is 0 Å². The van der Waals surface area contributed by atoms with Crippen molar-refractivity contribution >= 4 is 22.9 Å². The summed E-state index contributed by atoms with van der Waals surface area (Å²) in [7, 11) is 0. The molecule has 2 aromatic rings. The smallest absolute Gasteiger partial charge is 0.276 e. The molecule has 3 heterocycles. The minimum absolute atomic E-state index is 0.00962. The van der Waals surface area contributed by atoms with E-state index in [-0.39, 0.29) is 17.0 Å². The van der Waals surface area contributed by atoms with Gasteiger partial charge in [0, 0.05) is 6.54 Å². The first-order chi connectivity index (χ1) is 12.5. The number of ether oxygens (including phenoxy) is 1. The van der Waals surface area contributed by atoms with Crippen molar-refractivity contribution in [1.82, 2.24) is 24.8 Å². The second kappa shape index (κ2) is 7.09. The van der Waals surface area contributed by atoms with E-state index in [2.05, 4.69) is 20.3 Å². The molecule has 6 N–H and O–H groups in total. The van der Waals surface area contributed by atoms with Crippen LogP contribution < -0.4 is 10.8 Å². The first-order valence-electron chi connectivity index (χ1n) is 8.03. The molecule has 1 saturated heterocycles. The molecule has 1 fully saturated rings. The zero-order chi connectivity index (χ0) is 18.9. The summed E-state index contributed by atoms with van der Waals surface area (Å²) in [5.74, 6) is -0.733. The van der Waals surface area contributed by atoms with E-state index < -0.39 is 36.6 Å². The van der Waals surface area contributed by atoms with Crippen molar-refractivity contribution in [1.29, 1.82) is 0 Å². The maximum absolute atomic E-state index is 12.9. The Bertz CT molecular complexity index is 799. The average molecular weight is 368 g/mol. The average Bonchev–Trinajstić information content (AvgIpc) is 3.20. The topological polar surface area (TPSA) is 175 Å². The number of nitrogens with zero attached hydrogens (tertiary/aromatic N) is 4. The Kier molecular flexibility index (Phi) is 5.02. The lowest BCUT2D eigenvalue weighted by atomic mass is 10.0. The molecule has 0 radical (unpaired) electrons. The number of carbonyl (C=O) groups excluding carboxylic acids is 1. The molecule has 0 unspecified atom stereocenters. The van der Waals surface area contributed by atoms with E-state index in [9.17, 15) is 20.1 Å². The normalized spacial score (nSPS) is 28.4. The van der Waals surface area contributed by atoms with Gasteiger partial charge in [0.05, 0.1) is 6.61 Å². The maximum Gasteiger partial charge on any atom is 0.276 e. The predicted molar refractivity (Wildman–Crippen MR) is 86.0 cm³/mol. The Balaban J connectivity index is 2.18. The van der Waals surface area contributed by atoms with Crippen LogP contribution in [0.3, 0.4) is 0 Å². The highest BCUT2D eigenvalue weighted by Crippen LogP contribution is 2.38. The van der Waals surface area contributed by atoms with Crippen molar-refractivity contribution in [2.24, 2.45) is 0 Å². The molecule has 1 aliphatic rings. The van der Waals surface area contributed by atoms with Gasteiger partial charge in [-0.3, -0.25) is 20.0 Å². The second-order valence-electron chi connectivity index (χ2n) is 5.85. The zero-order valence-corrected chi connectivity index (χ0v) is 13.9. The summed E-state index contributed by atoms with van der Waals surface area (Å²) in [6.45, 7) is 1.55. The highest BCUT2D eigenvalue weighted by Gasteiger charge is 2.61. The third-order valence-corrected chi connectivity index (χ3v) is 4.27. The molecule has 4 atom stereocenters. The van der Waals surface area contributed by atoms with Gasteiger partial charge in [-0.15, -0.1) is 0 Å². The van der Waals surface area contributed by atoms with E-state index in [1.807, 2.05) is 12.4 Å². The molecule has 0 bridgehead atoms. The molecule has 0 aromatic carbocycles. The number of aliphatic hydroxyl groups is 3. The van der Waals surface area contributed by atoms with Crippen LogP contribution in [0.1, 0.15) is 13.3 Å². The molecular formula is C14H20N6O6. The first kappa shape index (κ1) is 18.4. The van der Waals surface area contributed by atoms with Crippen LogP contribution in [0.2, 0.25) is 0 Å². The molecule has 26 heavy (non-hydrogen) atoms. The fourth-order valence-electron chi connectivity index (χ4n) is 2.97. The third-order valence-electron chi connectivity index (χ3n) is 4.27. The maximum atomic E-state index is 12.9. The number of aromatic nitrogens is 4. The molecule has 0 spiro atoms. The summed E-state index contributed by atoms with van der Waals surface area (Å²) >= 11 is 0. The zero-order valence-electron chi connectivity index (χ0n) is 13.9. The summed E-state index contributed by atoms with van der Waals surface area (Å²) in [6, 6.07) is 0. The SMILES string of the molecule is CCCNC(=O)[C@@]1(n2cnc3c(NO)ncnc32)O[C@H](CO)[C@@H](O)[C@H]1O. The fraction of sp³-hybridized carbons (Fsp3) is 0.571. The van der Waals surface area contributed by atoms with Crippen LogP contribution in [-0.2, 0) is 15.3 Å². The van der Waals surface area contributed by atoms with Crippen LogP contribution in [0.4, 0.5) is 5.82 Å². The van der Waals surface area contributed by atoms with Gasteiger partial charge < -0.3 is 25.4 Å². The minimum atomic E-state index is -2.10. The van der Waals surface area contributed by atoms with E-state index in [1.54, 1.807) is 0 Å². The summed E-state index contributed by atoms with van der Waals surface area (Å²) in [5.41, 5.74) is -0.0321. The van der Waals surface area contributed by atoms with Crippen molar-refractivity contribution < 1.29 is 30.1 Å². The second-order valence-corrected chi connectivity index (χ2v) is 5.85. The first-order valence-corrected chi connectivity index (χ1v) is 8.03. The molecule has 1 amide bonds. The number of nitrogens with one attached hydrogen (secondary N) is 2. The Morgan fingerprint density at radius 3 is 2.77 bits per heavy atom. The number of imidazole rings is 1. The summed E-state index contributed by atoms with van der Waals surface area (Å²) < 4.78 is 6.78. The van der Waals surface area contributed by atoms with E-state index in [0.717, 1.165) is 10.9 Å². The number of amides is 1. The number of fused-ring (bicyclic) bond motifs is 1. The molecular weight excluding hydrogens is 348 g/mol. The minimum Gasteiger partial charge on any atom is -0.394 e. The Hall–Kier alpha value is -2.38. The van der Waals surface area contributed by atoms with Gasteiger partial charge in [-0.2, -0.15) is 0 Å². The van der Waals surface area contributed by atoms with Crippen LogP contribution in [0.15, 0.2) is 12.7 Å². The standard InChI is InChI=1S/C14H20N6O6/c1-2-3-15-13(24)14(10(23)9(22)7(4-21)26-14)20-6-18-8-11(19-25)16-5-17-12(8)20/h5-7,9-10,21-23,25H,2-4H2,1H3,(H,15,24)(H,16,17,19)/t7-,9-,10-,14+/m1/s1. The number of hydrogen-bond acceptors (Lipinski definition) is 10. The molecule has 3 rings (SSSR count). The molecule has 1 aliphatic heterocycles. The van der Waals surface area contributed by atoms with Crippen molar-refractivity contribution in [3.8, 4) is 0 Å². The molecule has 0 saturated carbocycles. The number of anilines is 1. The lowest BCUT2D eigenvalue weighted by Crippen LogP contribution is -2.56. The van der Waals surface area contributed by atoms with Crippen LogP contribution in [0, 0.1) is 0 Å². The van der Waals surface area contributed by atoms with E-state index in [4.69, 9.17) is 9.94 Å². The van der Waals surface area contributed by atoms with E-state index in [0.29, 0.717) is 13.0 Å². The van der Waals surface area contributed by atoms with Crippen LogP contribution in [0.5, 0.6) is 0 Å². The van der Waals surface area contributed by atoms with Crippen molar-refractivity contribution in [2.75, 3.05) is 18.6 Å². The lowest BCUT2D eigenvalue weighted by molar-refractivity contribution is -0.176. The van der Waals surface area contributed by atoms with Gasteiger partial charge in [-0.05, 0) is 6.42 Å². The Morgan fingerprint density at radius 2 is 2.15 bits per heavy atom. The van der Waals surface area contributed by atoms with Crippen molar-refractivity contribution in [2.45, 2.75) is 37.4 Å². The van der Waals surface area contributed by atoms with Crippen LogP contribution >= 0.6 is 0 Å².